The van der Waals surface area contributed by atoms with Gasteiger partial charge in [0, 0.05) is 4.88 Å². The van der Waals surface area contributed by atoms with Crippen molar-refractivity contribution in [1.82, 2.24) is 4.72 Å². The van der Waals surface area contributed by atoms with Crippen LogP contribution in [0.5, 0.6) is 0 Å². The van der Waals surface area contributed by atoms with Crippen LogP contribution in [0.4, 0.5) is 0 Å². The minimum Gasteiger partial charge on any atom is -0.211 e. The van der Waals surface area contributed by atoms with Crippen molar-refractivity contribution < 1.29 is 8.42 Å². The Bertz CT molecular complexity index is 475. The topological polar surface area (TPSA) is 70.0 Å². The smallest absolute Gasteiger partial charge is 0.211 e. The number of rotatable bonds is 4. The summed E-state index contributed by atoms with van der Waals surface area (Å²) in [7, 11) is -3.52. The van der Waals surface area contributed by atoms with E-state index in [2.05, 4.69) is 4.72 Å². The number of thiophene rings is 1. The van der Waals surface area contributed by atoms with E-state index in [0.717, 1.165) is 4.88 Å². The monoisotopic (exact) mass is 264 g/mol. The summed E-state index contributed by atoms with van der Waals surface area (Å²) in [6, 6.07) is 4.70. The fourth-order valence-electron chi connectivity index (χ4n) is 1.02. The molecule has 0 fully saturated rings. The summed E-state index contributed by atoms with van der Waals surface area (Å²) in [5, 5.41) is 8.30. The zero-order valence-corrected chi connectivity index (χ0v) is 10.3. The second kappa shape index (κ2) is 4.94. The number of nitriles is 1. The molecule has 4 nitrogen and oxygen atoms in total. The van der Waals surface area contributed by atoms with Gasteiger partial charge < -0.3 is 0 Å². The van der Waals surface area contributed by atoms with Gasteiger partial charge in [0.15, 0.2) is 5.75 Å². The van der Waals surface area contributed by atoms with Gasteiger partial charge in [-0.3, -0.25) is 0 Å². The summed E-state index contributed by atoms with van der Waals surface area (Å²) in [5.74, 6) is -0.531. The molecule has 0 aromatic carbocycles. The van der Waals surface area contributed by atoms with Crippen LogP contribution in [0.15, 0.2) is 12.1 Å². The second-order valence-electron chi connectivity index (χ2n) is 2.90. The molecule has 1 aromatic rings. The number of hydrogen-bond acceptors (Lipinski definition) is 4. The van der Waals surface area contributed by atoms with Crippen LogP contribution in [-0.2, 0) is 10.0 Å². The van der Waals surface area contributed by atoms with E-state index in [9.17, 15) is 8.42 Å². The number of nitrogens with one attached hydrogen (secondary N) is 1. The van der Waals surface area contributed by atoms with Crippen LogP contribution < -0.4 is 4.72 Å². The molecule has 0 aliphatic heterocycles. The molecule has 0 amide bonds. The van der Waals surface area contributed by atoms with E-state index >= 15 is 0 Å². The van der Waals surface area contributed by atoms with Gasteiger partial charge in [-0.25, -0.2) is 13.1 Å². The fraction of sp³-hybridized carbons (Fsp3) is 0.375. The van der Waals surface area contributed by atoms with E-state index < -0.39 is 15.8 Å². The van der Waals surface area contributed by atoms with Crippen molar-refractivity contribution in [3.63, 3.8) is 0 Å². The first-order valence-corrected chi connectivity index (χ1v) is 6.91. The number of sulfonamides is 1. The largest absolute Gasteiger partial charge is 0.225 e. The minimum absolute atomic E-state index is 0.360. The first kappa shape index (κ1) is 12.5. The Morgan fingerprint density at radius 1 is 1.67 bits per heavy atom. The highest BCUT2D eigenvalue weighted by Gasteiger charge is 2.16. The van der Waals surface area contributed by atoms with E-state index in [0.29, 0.717) is 4.34 Å². The first-order chi connectivity index (χ1) is 6.94. The van der Waals surface area contributed by atoms with E-state index in [1.54, 1.807) is 25.1 Å². The number of hydrogen-bond donors (Lipinski definition) is 1. The zero-order valence-electron chi connectivity index (χ0n) is 7.90. The Labute approximate surface area is 97.5 Å². The third-order valence-corrected chi connectivity index (χ3v) is 4.27. The maximum atomic E-state index is 11.3. The van der Waals surface area contributed by atoms with Crippen LogP contribution in [0.3, 0.4) is 0 Å². The predicted molar refractivity (Wildman–Crippen MR) is 60.3 cm³/mol. The van der Waals surface area contributed by atoms with Gasteiger partial charge in [-0.2, -0.15) is 5.26 Å². The summed E-state index contributed by atoms with van der Waals surface area (Å²) >= 11 is 7.04. The van der Waals surface area contributed by atoms with Crippen LogP contribution >= 0.6 is 22.9 Å². The van der Waals surface area contributed by atoms with Crippen molar-refractivity contribution in [2.24, 2.45) is 0 Å². The highest BCUT2D eigenvalue weighted by molar-refractivity contribution is 7.89. The summed E-state index contributed by atoms with van der Waals surface area (Å²) in [5.41, 5.74) is 0. The van der Waals surface area contributed by atoms with Crippen LogP contribution in [0.25, 0.3) is 0 Å². The average molecular weight is 265 g/mol. The molecular formula is C8H9ClN2O2S2. The highest BCUT2D eigenvalue weighted by Crippen LogP contribution is 2.26. The third-order valence-electron chi connectivity index (χ3n) is 1.63. The summed E-state index contributed by atoms with van der Waals surface area (Å²) in [4.78, 5) is 0.821. The van der Waals surface area contributed by atoms with Crippen molar-refractivity contribution in [2.75, 3.05) is 5.75 Å². The lowest BCUT2D eigenvalue weighted by Gasteiger charge is -2.10. The van der Waals surface area contributed by atoms with Crippen LogP contribution in [0.1, 0.15) is 17.8 Å². The van der Waals surface area contributed by atoms with Gasteiger partial charge in [-0.05, 0) is 19.1 Å². The minimum atomic E-state index is -3.52. The maximum Gasteiger partial charge on any atom is 0.225 e. The molecule has 0 spiro atoms. The molecule has 1 N–H and O–H groups in total. The van der Waals surface area contributed by atoms with E-state index in [4.69, 9.17) is 16.9 Å². The molecule has 1 unspecified atom stereocenters. The zero-order chi connectivity index (χ0) is 11.5. The standard InChI is InChI=1S/C8H9ClN2O2S2/c1-6(7-2-3-8(9)14-7)11-15(12,13)5-4-10/h2-3,6,11H,5H2,1H3. The van der Waals surface area contributed by atoms with Crippen LogP contribution in [-0.4, -0.2) is 14.2 Å². The molecule has 1 rings (SSSR count). The Balaban J connectivity index is 2.72. The molecule has 0 aliphatic rings. The van der Waals surface area contributed by atoms with Gasteiger partial charge in [-0.15, -0.1) is 11.3 Å². The molecule has 1 aromatic heterocycles. The lowest BCUT2D eigenvalue weighted by molar-refractivity contribution is 0.572. The SMILES string of the molecule is CC(NS(=O)(=O)CC#N)c1ccc(Cl)s1. The van der Waals surface area contributed by atoms with Crippen molar-refractivity contribution in [3.05, 3.63) is 21.3 Å². The maximum absolute atomic E-state index is 11.3. The molecule has 1 heterocycles. The molecule has 0 bridgehead atoms. The molecular weight excluding hydrogens is 256 g/mol. The Morgan fingerprint density at radius 2 is 2.33 bits per heavy atom. The normalized spacial score (nSPS) is 13.4. The van der Waals surface area contributed by atoms with Gasteiger partial charge in [0.1, 0.15) is 0 Å². The van der Waals surface area contributed by atoms with E-state index in [1.165, 1.54) is 11.3 Å². The van der Waals surface area contributed by atoms with Gasteiger partial charge in [0.05, 0.1) is 16.4 Å². The molecule has 1 atom stereocenters. The Morgan fingerprint density at radius 3 is 2.80 bits per heavy atom. The van der Waals surface area contributed by atoms with Crippen LogP contribution in [0.2, 0.25) is 4.34 Å². The lowest BCUT2D eigenvalue weighted by atomic mass is 10.3. The summed E-state index contributed by atoms with van der Waals surface area (Å²) < 4.78 is 25.5. The van der Waals surface area contributed by atoms with E-state index in [-0.39, 0.29) is 6.04 Å². The van der Waals surface area contributed by atoms with Gasteiger partial charge in [0.25, 0.3) is 0 Å². The lowest BCUT2D eigenvalue weighted by Crippen LogP contribution is -2.28. The summed E-state index contributed by atoms with van der Waals surface area (Å²) in [6.07, 6.45) is 0. The quantitative estimate of drug-likeness (QED) is 0.903. The predicted octanol–water partition coefficient (Wildman–Crippen LogP) is 1.91. The Kier molecular flexibility index (Phi) is 4.11. The Hall–Kier alpha value is -0.610. The molecule has 0 saturated heterocycles. The highest BCUT2D eigenvalue weighted by atomic mass is 35.5. The first-order valence-electron chi connectivity index (χ1n) is 4.07. The molecule has 82 valence electrons. The second-order valence-corrected chi connectivity index (χ2v) is 6.40. The number of nitrogens with zero attached hydrogens (tertiary/aromatic N) is 1. The molecule has 0 aliphatic carbocycles. The van der Waals surface area contributed by atoms with Gasteiger partial charge in [-0.1, -0.05) is 11.6 Å². The van der Waals surface area contributed by atoms with Crippen molar-refractivity contribution in [2.45, 2.75) is 13.0 Å². The van der Waals surface area contributed by atoms with Crippen molar-refractivity contribution >= 4 is 33.0 Å². The average Bonchev–Trinajstić information content (AvgIpc) is 2.50. The molecule has 0 radical (unpaired) electrons. The van der Waals surface area contributed by atoms with Crippen molar-refractivity contribution in [3.8, 4) is 6.07 Å². The van der Waals surface area contributed by atoms with Gasteiger partial charge in [0.2, 0.25) is 10.0 Å². The molecule has 0 saturated carbocycles. The summed E-state index contributed by atoms with van der Waals surface area (Å²) in [6.45, 7) is 1.71. The number of halogens is 1. The third kappa shape index (κ3) is 3.80. The van der Waals surface area contributed by atoms with Crippen LogP contribution in [0, 0.1) is 11.3 Å². The van der Waals surface area contributed by atoms with Crippen molar-refractivity contribution in [1.29, 1.82) is 5.26 Å². The molecule has 15 heavy (non-hydrogen) atoms. The molecule has 7 heteroatoms. The fourth-order valence-corrected chi connectivity index (χ4v) is 3.07. The van der Waals surface area contributed by atoms with Gasteiger partial charge >= 0.3 is 0 Å². The van der Waals surface area contributed by atoms with E-state index in [1.807, 2.05) is 0 Å².